The summed E-state index contributed by atoms with van der Waals surface area (Å²) in [5, 5.41) is 0. The smallest absolute Gasteiger partial charge is 0.262 e. The Morgan fingerprint density at radius 1 is 0.939 bits per heavy atom. The predicted octanol–water partition coefficient (Wildman–Crippen LogP) is 4.39. The van der Waals surface area contributed by atoms with E-state index in [0.29, 0.717) is 29.3 Å². The lowest BCUT2D eigenvalue weighted by atomic mass is 10.1. The molecule has 3 aromatic rings. The fourth-order valence-electron chi connectivity index (χ4n) is 3.49. The van der Waals surface area contributed by atoms with Crippen molar-refractivity contribution in [2.45, 2.75) is 25.3 Å². The number of anilines is 1. The minimum absolute atomic E-state index is 0.0642. The highest BCUT2D eigenvalue weighted by Gasteiger charge is 2.21. The van der Waals surface area contributed by atoms with E-state index in [-0.39, 0.29) is 16.4 Å². The summed E-state index contributed by atoms with van der Waals surface area (Å²) in [7, 11) is 0.906. The van der Waals surface area contributed by atoms with E-state index in [4.69, 9.17) is 9.47 Å². The average Bonchev–Trinajstić information content (AvgIpc) is 2.78. The van der Waals surface area contributed by atoms with Crippen molar-refractivity contribution in [2.75, 3.05) is 26.0 Å². The molecule has 0 spiro atoms. The molecule has 3 rings (SSSR count). The fraction of sp³-hybridized carbons (Fsp3) is 0.240. The van der Waals surface area contributed by atoms with Gasteiger partial charge in [0.25, 0.3) is 15.9 Å². The van der Waals surface area contributed by atoms with E-state index in [9.17, 15) is 13.2 Å². The normalized spacial score (nSPS) is 11.1. The molecule has 3 aromatic carbocycles. The molecule has 0 unspecified atom stereocenters. The van der Waals surface area contributed by atoms with Crippen molar-refractivity contribution in [1.82, 2.24) is 4.90 Å². The number of aryl methyl sites for hydroxylation is 2. The first-order valence-corrected chi connectivity index (χ1v) is 11.8. The van der Waals surface area contributed by atoms with Crippen LogP contribution < -0.4 is 14.2 Å². The van der Waals surface area contributed by atoms with Crippen LogP contribution in [0.15, 0.2) is 65.6 Å². The van der Waals surface area contributed by atoms with Crippen LogP contribution in [0.5, 0.6) is 11.5 Å². The van der Waals surface area contributed by atoms with Crippen LogP contribution in [0.25, 0.3) is 0 Å². The van der Waals surface area contributed by atoms with Gasteiger partial charge in [0.05, 0.1) is 19.1 Å². The maximum atomic E-state index is 13.1. The number of ether oxygens (including phenoxy) is 2. The van der Waals surface area contributed by atoms with Crippen molar-refractivity contribution in [2.24, 2.45) is 0 Å². The molecule has 1 amide bonds. The largest absolute Gasteiger partial charge is 0.493 e. The predicted molar refractivity (Wildman–Crippen MR) is 129 cm³/mol. The summed E-state index contributed by atoms with van der Waals surface area (Å²) >= 11 is 0. The third kappa shape index (κ3) is 5.64. The van der Waals surface area contributed by atoms with Gasteiger partial charge in [-0.2, -0.15) is 0 Å². The molecule has 0 radical (unpaired) electrons. The van der Waals surface area contributed by atoms with Gasteiger partial charge in [-0.3, -0.25) is 9.52 Å². The summed E-state index contributed by atoms with van der Waals surface area (Å²) < 4.78 is 39.2. The summed E-state index contributed by atoms with van der Waals surface area (Å²) in [5.74, 6) is 0.878. The average molecular weight is 469 g/mol. The second-order valence-electron chi connectivity index (χ2n) is 7.81. The van der Waals surface area contributed by atoms with Crippen LogP contribution in [0.3, 0.4) is 0 Å². The van der Waals surface area contributed by atoms with Crippen molar-refractivity contribution in [3.8, 4) is 11.5 Å². The Kier molecular flexibility index (Phi) is 7.28. The lowest BCUT2D eigenvalue weighted by Crippen LogP contribution is -2.26. The quantitative estimate of drug-likeness (QED) is 0.530. The number of carbonyl (C=O) groups is 1. The van der Waals surface area contributed by atoms with Crippen molar-refractivity contribution >= 4 is 21.6 Å². The van der Waals surface area contributed by atoms with Gasteiger partial charge in [0, 0.05) is 24.8 Å². The highest BCUT2D eigenvalue weighted by Crippen LogP contribution is 2.28. The first-order chi connectivity index (χ1) is 15.6. The molecule has 0 bridgehead atoms. The third-order valence-corrected chi connectivity index (χ3v) is 6.73. The summed E-state index contributed by atoms with van der Waals surface area (Å²) in [6.45, 7) is 3.90. The van der Waals surface area contributed by atoms with Gasteiger partial charge in [0.15, 0.2) is 11.5 Å². The van der Waals surface area contributed by atoms with E-state index < -0.39 is 10.0 Å². The molecule has 0 aromatic heterocycles. The molecule has 33 heavy (non-hydrogen) atoms. The number of sulfonamides is 1. The molecule has 0 atom stereocenters. The molecule has 0 aliphatic rings. The van der Waals surface area contributed by atoms with Gasteiger partial charge >= 0.3 is 0 Å². The molecule has 8 heteroatoms. The van der Waals surface area contributed by atoms with Gasteiger partial charge in [-0.05, 0) is 66.9 Å². The number of rotatable bonds is 8. The van der Waals surface area contributed by atoms with E-state index in [1.807, 2.05) is 19.1 Å². The molecule has 7 nitrogen and oxygen atoms in total. The van der Waals surface area contributed by atoms with Crippen LogP contribution in [-0.4, -0.2) is 40.5 Å². The molecule has 0 aliphatic heterocycles. The highest BCUT2D eigenvalue weighted by molar-refractivity contribution is 7.92. The SMILES string of the molecule is COc1ccc(CN(C)C(=O)c2ccc(C)c(S(=O)(=O)Nc3cccc(C)c3)c2)cc1OC. The fourth-order valence-corrected chi connectivity index (χ4v) is 4.81. The Morgan fingerprint density at radius 2 is 1.67 bits per heavy atom. The van der Waals surface area contributed by atoms with Gasteiger partial charge in [-0.15, -0.1) is 0 Å². The zero-order valence-corrected chi connectivity index (χ0v) is 20.2. The summed E-state index contributed by atoms with van der Waals surface area (Å²) in [4.78, 5) is 14.7. The molecule has 0 heterocycles. The first-order valence-electron chi connectivity index (χ1n) is 10.3. The minimum atomic E-state index is -3.87. The number of nitrogens with one attached hydrogen (secondary N) is 1. The van der Waals surface area contributed by atoms with Gasteiger partial charge in [-0.1, -0.05) is 24.3 Å². The lowest BCUT2D eigenvalue weighted by Gasteiger charge is -2.19. The summed E-state index contributed by atoms with van der Waals surface area (Å²) in [6, 6.07) is 17.2. The van der Waals surface area contributed by atoms with Gasteiger partial charge < -0.3 is 14.4 Å². The minimum Gasteiger partial charge on any atom is -0.493 e. The van der Waals surface area contributed by atoms with Crippen LogP contribution >= 0.6 is 0 Å². The molecule has 1 N–H and O–H groups in total. The van der Waals surface area contributed by atoms with Crippen LogP contribution in [-0.2, 0) is 16.6 Å². The van der Waals surface area contributed by atoms with Gasteiger partial charge in [-0.25, -0.2) is 8.42 Å². The third-order valence-electron chi connectivity index (χ3n) is 5.21. The Bertz CT molecular complexity index is 1270. The lowest BCUT2D eigenvalue weighted by molar-refractivity contribution is 0.0784. The number of nitrogens with zero attached hydrogens (tertiary/aromatic N) is 1. The van der Waals surface area contributed by atoms with Crippen LogP contribution in [0.2, 0.25) is 0 Å². The maximum Gasteiger partial charge on any atom is 0.262 e. The molecule has 0 saturated carbocycles. The van der Waals surface area contributed by atoms with Crippen LogP contribution in [0.4, 0.5) is 5.69 Å². The van der Waals surface area contributed by atoms with Crippen LogP contribution in [0, 0.1) is 13.8 Å². The molecule has 174 valence electrons. The molecular weight excluding hydrogens is 440 g/mol. The molecular formula is C25H28N2O5S. The second-order valence-corrected chi connectivity index (χ2v) is 9.46. The Labute approximate surface area is 195 Å². The molecule has 0 saturated heterocycles. The zero-order valence-electron chi connectivity index (χ0n) is 19.4. The van der Waals surface area contributed by atoms with Crippen LogP contribution in [0.1, 0.15) is 27.0 Å². The standard InChI is InChI=1S/C25H28N2O5S/c1-17-7-6-8-21(13-17)26-33(29,30)24-15-20(11-9-18(24)2)25(28)27(3)16-19-10-12-22(31-4)23(14-19)32-5/h6-15,26H,16H2,1-5H3. The van der Waals surface area contributed by atoms with Gasteiger partial charge in [0.2, 0.25) is 0 Å². The van der Waals surface area contributed by atoms with Crippen molar-refractivity contribution < 1.29 is 22.7 Å². The monoisotopic (exact) mass is 468 g/mol. The second kappa shape index (κ2) is 9.95. The van der Waals surface area contributed by atoms with Crippen molar-refractivity contribution in [3.63, 3.8) is 0 Å². The molecule has 0 aliphatic carbocycles. The van der Waals surface area contributed by atoms with E-state index in [2.05, 4.69) is 4.72 Å². The van der Waals surface area contributed by atoms with E-state index >= 15 is 0 Å². The number of carbonyl (C=O) groups excluding carboxylic acids is 1. The highest BCUT2D eigenvalue weighted by atomic mass is 32.2. The topological polar surface area (TPSA) is 84.9 Å². The van der Waals surface area contributed by atoms with Gasteiger partial charge in [0.1, 0.15) is 0 Å². The van der Waals surface area contributed by atoms with Crippen molar-refractivity contribution in [3.05, 3.63) is 82.9 Å². The first kappa shape index (κ1) is 24.1. The molecule has 0 fully saturated rings. The Morgan fingerprint density at radius 3 is 2.33 bits per heavy atom. The number of hydrogen-bond acceptors (Lipinski definition) is 5. The summed E-state index contributed by atoms with van der Waals surface area (Å²) in [5.41, 5.74) is 3.09. The zero-order chi connectivity index (χ0) is 24.2. The maximum absolute atomic E-state index is 13.1. The van der Waals surface area contributed by atoms with E-state index in [1.54, 1.807) is 70.7 Å². The number of methoxy groups -OCH3 is 2. The van der Waals surface area contributed by atoms with Crippen molar-refractivity contribution in [1.29, 1.82) is 0 Å². The Hall–Kier alpha value is -3.52. The Balaban J connectivity index is 1.84. The number of benzene rings is 3. The van der Waals surface area contributed by atoms with E-state index in [0.717, 1.165) is 11.1 Å². The summed E-state index contributed by atoms with van der Waals surface area (Å²) in [6.07, 6.45) is 0. The van der Waals surface area contributed by atoms with E-state index in [1.165, 1.54) is 11.0 Å². The number of amides is 1. The number of hydrogen-bond donors (Lipinski definition) is 1.